The summed E-state index contributed by atoms with van der Waals surface area (Å²) >= 11 is 0. The van der Waals surface area contributed by atoms with Gasteiger partial charge in [0.1, 0.15) is 12.4 Å². The second-order valence-corrected chi connectivity index (χ2v) is 6.89. The van der Waals surface area contributed by atoms with Gasteiger partial charge in [-0.25, -0.2) is 0 Å². The van der Waals surface area contributed by atoms with Gasteiger partial charge in [0.2, 0.25) is 0 Å². The molecule has 23 heavy (non-hydrogen) atoms. The van der Waals surface area contributed by atoms with Gasteiger partial charge in [0, 0.05) is 12.6 Å². The maximum absolute atomic E-state index is 10.4. The highest BCUT2D eigenvalue weighted by atomic mass is 16.5. The van der Waals surface area contributed by atoms with Crippen LogP contribution in [0.4, 0.5) is 0 Å². The lowest BCUT2D eigenvalue weighted by Gasteiger charge is -2.31. The molecule has 0 aliphatic heterocycles. The zero-order valence-electron chi connectivity index (χ0n) is 14.6. The molecule has 0 bridgehead atoms. The van der Waals surface area contributed by atoms with Crippen molar-refractivity contribution >= 4 is 0 Å². The fourth-order valence-electron chi connectivity index (χ4n) is 3.19. The van der Waals surface area contributed by atoms with Crippen LogP contribution in [0.15, 0.2) is 36.4 Å². The van der Waals surface area contributed by atoms with E-state index in [2.05, 4.69) is 18.5 Å². The SMILES string of the molecule is C=C(C)COc1ccc(C(O)CCN(C)C2CCCCC2)cc1. The first kappa shape index (κ1) is 18.0. The van der Waals surface area contributed by atoms with Crippen molar-refractivity contribution < 1.29 is 9.84 Å². The third kappa shape index (κ3) is 6.00. The third-order valence-corrected chi connectivity index (χ3v) is 4.70. The third-order valence-electron chi connectivity index (χ3n) is 4.70. The first-order chi connectivity index (χ1) is 11.1. The molecule has 1 atom stereocenters. The normalized spacial score (nSPS) is 17.2. The van der Waals surface area contributed by atoms with E-state index >= 15 is 0 Å². The highest BCUT2D eigenvalue weighted by Gasteiger charge is 2.18. The summed E-state index contributed by atoms with van der Waals surface area (Å²) in [6, 6.07) is 8.46. The predicted molar refractivity (Wildman–Crippen MR) is 95.8 cm³/mol. The van der Waals surface area contributed by atoms with Crippen molar-refractivity contribution in [2.75, 3.05) is 20.2 Å². The maximum atomic E-state index is 10.4. The number of hydrogen-bond donors (Lipinski definition) is 1. The fraction of sp³-hybridized carbons (Fsp3) is 0.600. The molecule has 1 aromatic rings. The van der Waals surface area contributed by atoms with Gasteiger partial charge in [-0.2, -0.15) is 0 Å². The molecule has 2 rings (SSSR count). The van der Waals surface area contributed by atoms with Crippen LogP contribution in [-0.2, 0) is 0 Å². The van der Waals surface area contributed by atoms with Gasteiger partial charge < -0.3 is 14.7 Å². The average Bonchev–Trinajstić information content (AvgIpc) is 2.58. The summed E-state index contributed by atoms with van der Waals surface area (Å²) in [5.41, 5.74) is 1.96. The second kappa shape index (κ2) is 9.09. The van der Waals surface area contributed by atoms with Crippen LogP contribution in [0.3, 0.4) is 0 Å². The monoisotopic (exact) mass is 317 g/mol. The van der Waals surface area contributed by atoms with Gasteiger partial charge in [-0.1, -0.05) is 38.0 Å². The lowest BCUT2D eigenvalue weighted by atomic mass is 9.94. The van der Waals surface area contributed by atoms with Gasteiger partial charge in [0.05, 0.1) is 6.10 Å². The Bertz CT molecular complexity index is 477. The molecular weight excluding hydrogens is 286 g/mol. The number of ether oxygens (including phenoxy) is 1. The van der Waals surface area contributed by atoms with Gasteiger partial charge in [-0.05, 0) is 56.5 Å². The van der Waals surface area contributed by atoms with E-state index in [-0.39, 0.29) is 0 Å². The zero-order chi connectivity index (χ0) is 16.7. The molecule has 0 saturated heterocycles. The molecule has 1 N–H and O–H groups in total. The van der Waals surface area contributed by atoms with Crippen molar-refractivity contribution in [3.05, 3.63) is 42.0 Å². The van der Waals surface area contributed by atoms with Crippen molar-refractivity contribution in [1.29, 1.82) is 0 Å². The summed E-state index contributed by atoms with van der Waals surface area (Å²) in [5, 5.41) is 10.4. The Hall–Kier alpha value is -1.32. The summed E-state index contributed by atoms with van der Waals surface area (Å²) in [4.78, 5) is 2.42. The lowest BCUT2D eigenvalue weighted by Crippen LogP contribution is -2.34. The lowest BCUT2D eigenvalue weighted by molar-refractivity contribution is 0.125. The van der Waals surface area contributed by atoms with Crippen LogP contribution in [0.5, 0.6) is 5.75 Å². The average molecular weight is 317 g/mol. The Morgan fingerprint density at radius 3 is 2.52 bits per heavy atom. The molecule has 1 aromatic carbocycles. The Labute approximate surface area is 141 Å². The standard InChI is InChI=1S/C20H31NO2/c1-16(2)15-23-19-11-9-17(10-12-19)20(22)13-14-21(3)18-7-5-4-6-8-18/h9-12,18,20,22H,1,4-8,13-15H2,2-3H3. The van der Waals surface area contributed by atoms with E-state index in [0.717, 1.165) is 29.9 Å². The molecule has 3 heteroatoms. The van der Waals surface area contributed by atoms with Gasteiger partial charge in [-0.3, -0.25) is 0 Å². The molecular formula is C20H31NO2. The minimum Gasteiger partial charge on any atom is -0.489 e. The highest BCUT2D eigenvalue weighted by Crippen LogP contribution is 2.24. The molecule has 1 fully saturated rings. The van der Waals surface area contributed by atoms with Crippen LogP contribution < -0.4 is 4.74 Å². The van der Waals surface area contributed by atoms with E-state index in [9.17, 15) is 5.11 Å². The van der Waals surface area contributed by atoms with Crippen LogP contribution in [0.1, 0.15) is 57.1 Å². The van der Waals surface area contributed by atoms with Crippen molar-refractivity contribution in [2.45, 2.75) is 57.6 Å². The van der Waals surface area contributed by atoms with E-state index in [4.69, 9.17) is 4.74 Å². The Morgan fingerprint density at radius 2 is 1.91 bits per heavy atom. The largest absolute Gasteiger partial charge is 0.489 e. The van der Waals surface area contributed by atoms with Crippen molar-refractivity contribution in [2.24, 2.45) is 0 Å². The van der Waals surface area contributed by atoms with Gasteiger partial charge in [-0.15, -0.1) is 0 Å². The smallest absolute Gasteiger partial charge is 0.119 e. The molecule has 0 radical (unpaired) electrons. The molecule has 128 valence electrons. The molecule has 1 aliphatic carbocycles. The van der Waals surface area contributed by atoms with Gasteiger partial charge in [0.25, 0.3) is 0 Å². The topological polar surface area (TPSA) is 32.7 Å². The minimum absolute atomic E-state index is 0.406. The second-order valence-electron chi connectivity index (χ2n) is 6.89. The van der Waals surface area contributed by atoms with E-state index in [1.807, 2.05) is 31.2 Å². The molecule has 1 unspecified atom stereocenters. The quantitative estimate of drug-likeness (QED) is 0.724. The van der Waals surface area contributed by atoms with Crippen LogP contribution in [0.2, 0.25) is 0 Å². The van der Waals surface area contributed by atoms with Crippen LogP contribution in [-0.4, -0.2) is 36.2 Å². The number of benzene rings is 1. The number of rotatable bonds is 8. The summed E-state index contributed by atoms with van der Waals surface area (Å²) in [5.74, 6) is 0.822. The summed E-state index contributed by atoms with van der Waals surface area (Å²) in [6.07, 6.45) is 7.07. The maximum Gasteiger partial charge on any atom is 0.119 e. The molecule has 0 spiro atoms. The number of hydrogen-bond acceptors (Lipinski definition) is 3. The van der Waals surface area contributed by atoms with Gasteiger partial charge in [0.15, 0.2) is 0 Å². The first-order valence-electron chi connectivity index (χ1n) is 8.81. The molecule has 0 aromatic heterocycles. The molecule has 0 amide bonds. The Balaban J connectivity index is 1.78. The molecule has 1 saturated carbocycles. The fourth-order valence-corrected chi connectivity index (χ4v) is 3.19. The Kier molecular flexibility index (Phi) is 7.13. The molecule has 3 nitrogen and oxygen atoms in total. The zero-order valence-corrected chi connectivity index (χ0v) is 14.6. The highest BCUT2D eigenvalue weighted by molar-refractivity contribution is 5.28. The van der Waals surface area contributed by atoms with Crippen LogP contribution in [0, 0.1) is 0 Å². The summed E-state index contributed by atoms with van der Waals surface area (Å²) < 4.78 is 5.59. The van der Waals surface area contributed by atoms with E-state index in [1.54, 1.807) is 0 Å². The van der Waals surface area contributed by atoms with Crippen molar-refractivity contribution in [3.63, 3.8) is 0 Å². The van der Waals surface area contributed by atoms with Crippen LogP contribution >= 0.6 is 0 Å². The predicted octanol–water partition coefficient (Wildman–Crippen LogP) is 4.33. The Morgan fingerprint density at radius 1 is 1.26 bits per heavy atom. The number of nitrogens with zero attached hydrogens (tertiary/aromatic N) is 1. The molecule has 0 heterocycles. The van der Waals surface area contributed by atoms with Crippen LogP contribution in [0.25, 0.3) is 0 Å². The van der Waals surface area contributed by atoms with E-state index in [0.29, 0.717) is 12.6 Å². The summed E-state index contributed by atoms with van der Waals surface area (Å²) in [7, 11) is 2.19. The first-order valence-corrected chi connectivity index (χ1v) is 8.81. The number of aliphatic hydroxyl groups excluding tert-OH is 1. The molecule has 1 aliphatic rings. The van der Waals surface area contributed by atoms with E-state index < -0.39 is 6.10 Å². The minimum atomic E-state index is -0.406. The summed E-state index contributed by atoms with van der Waals surface area (Å²) in [6.45, 7) is 7.25. The van der Waals surface area contributed by atoms with Gasteiger partial charge >= 0.3 is 0 Å². The van der Waals surface area contributed by atoms with E-state index in [1.165, 1.54) is 32.1 Å². The number of aliphatic hydroxyl groups is 1. The van der Waals surface area contributed by atoms with Crippen molar-refractivity contribution in [1.82, 2.24) is 4.90 Å². The van der Waals surface area contributed by atoms with Crippen molar-refractivity contribution in [3.8, 4) is 5.75 Å².